The minimum atomic E-state index is -0.505. The van der Waals surface area contributed by atoms with Crippen LogP contribution in [-0.4, -0.2) is 33.4 Å². The number of benzene rings is 1. The lowest BCUT2D eigenvalue weighted by atomic mass is 10.1. The molecule has 8 nitrogen and oxygen atoms in total. The van der Waals surface area contributed by atoms with Crippen LogP contribution in [0, 0.1) is 10.1 Å². The van der Waals surface area contributed by atoms with E-state index in [0.29, 0.717) is 29.6 Å². The number of carbonyl (C=O) groups is 1. The molecule has 0 aliphatic heterocycles. The lowest BCUT2D eigenvalue weighted by molar-refractivity contribution is -0.385. The van der Waals surface area contributed by atoms with Crippen molar-refractivity contribution in [2.45, 2.75) is 12.5 Å². The van der Waals surface area contributed by atoms with Crippen molar-refractivity contribution in [2.24, 2.45) is 5.73 Å². The van der Waals surface area contributed by atoms with E-state index in [9.17, 15) is 14.9 Å². The Kier molecular flexibility index (Phi) is 9.27. The number of amides is 1. The lowest BCUT2D eigenvalue weighted by Gasteiger charge is -2.15. The van der Waals surface area contributed by atoms with Gasteiger partial charge in [0.05, 0.1) is 4.92 Å². The van der Waals surface area contributed by atoms with E-state index < -0.39 is 4.92 Å². The van der Waals surface area contributed by atoms with Gasteiger partial charge in [-0.3, -0.25) is 14.9 Å². The second-order valence-corrected chi connectivity index (χ2v) is 6.06. The summed E-state index contributed by atoms with van der Waals surface area (Å²) < 4.78 is 0. The third-order valence-electron chi connectivity index (χ3n) is 4.13. The van der Waals surface area contributed by atoms with Crippen LogP contribution in [0.1, 0.15) is 11.1 Å². The van der Waals surface area contributed by atoms with Gasteiger partial charge in [-0.2, -0.15) is 0 Å². The Balaban J connectivity index is 0.00000210. The molecule has 0 aliphatic rings. The van der Waals surface area contributed by atoms with E-state index in [2.05, 4.69) is 15.3 Å². The van der Waals surface area contributed by atoms with E-state index in [4.69, 9.17) is 5.73 Å². The van der Waals surface area contributed by atoms with Crippen LogP contribution in [0.15, 0.2) is 54.9 Å². The first-order valence-corrected chi connectivity index (χ1v) is 8.41. The maximum Gasteiger partial charge on any atom is 0.288 e. The molecule has 4 N–H and O–H groups in total. The summed E-state index contributed by atoms with van der Waals surface area (Å²) in [5.74, 6) is -0.283. The fourth-order valence-electron chi connectivity index (χ4n) is 2.76. The van der Waals surface area contributed by atoms with Crippen molar-refractivity contribution < 1.29 is 9.72 Å². The summed E-state index contributed by atoms with van der Waals surface area (Å²) in [4.78, 5) is 29.6. The first-order valence-electron chi connectivity index (χ1n) is 8.41. The van der Waals surface area contributed by atoms with Crippen LogP contribution in [0.4, 0.5) is 5.69 Å². The van der Waals surface area contributed by atoms with Crippen LogP contribution < -0.4 is 11.1 Å². The second-order valence-electron chi connectivity index (χ2n) is 6.06. The average molecular weight is 438 g/mol. The van der Waals surface area contributed by atoms with Crippen LogP contribution in [0.5, 0.6) is 0 Å². The molecule has 1 amide bonds. The van der Waals surface area contributed by atoms with Gasteiger partial charge in [-0.05, 0) is 18.1 Å². The molecular weight excluding hydrogens is 417 g/mol. The number of aromatic amines is 1. The third-order valence-corrected chi connectivity index (χ3v) is 4.13. The highest BCUT2D eigenvalue weighted by atomic mass is 35.5. The standard InChI is InChI=1S/C19H19N5O3.2ClH/c20-10-15(8-13-4-2-1-3-5-13)23-18(25)7-6-14-11-21-19-17(14)9-16(12-22-19)24(26)27;;/h1-7,9,11-12,15H,8,10,20H2,(H,21,22)(H,23,25);2*1H/b7-6+;;/t15-;;/m0../s1. The molecule has 1 aromatic carbocycles. The highest BCUT2D eigenvalue weighted by molar-refractivity contribution is 5.96. The Morgan fingerprint density at radius 1 is 1.31 bits per heavy atom. The van der Waals surface area contributed by atoms with E-state index >= 15 is 0 Å². The number of nitro groups is 1. The summed E-state index contributed by atoms with van der Waals surface area (Å²) >= 11 is 0. The number of nitrogens with zero attached hydrogens (tertiary/aromatic N) is 2. The van der Waals surface area contributed by atoms with Gasteiger partial charge in [0.25, 0.3) is 5.69 Å². The Morgan fingerprint density at radius 3 is 2.69 bits per heavy atom. The zero-order valence-electron chi connectivity index (χ0n) is 15.3. The molecule has 0 spiro atoms. The summed E-state index contributed by atoms with van der Waals surface area (Å²) in [6.45, 7) is 0.317. The van der Waals surface area contributed by atoms with Gasteiger partial charge in [-0.1, -0.05) is 30.3 Å². The number of hydrogen-bond donors (Lipinski definition) is 3. The topological polar surface area (TPSA) is 127 Å². The van der Waals surface area contributed by atoms with Crippen molar-refractivity contribution in [3.8, 4) is 0 Å². The zero-order chi connectivity index (χ0) is 19.2. The highest BCUT2D eigenvalue weighted by Gasteiger charge is 2.12. The lowest BCUT2D eigenvalue weighted by Crippen LogP contribution is -2.40. The SMILES string of the molecule is Cl.Cl.NC[C@H](Cc1ccccc1)NC(=O)/C=C/c1c[nH]c2ncc([N+](=O)[O-])cc12. The normalized spacial score (nSPS) is 11.5. The van der Waals surface area contributed by atoms with Crippen LogP contribution in [0.2, 0.25) is 0 Å². The van der Waals surface area contributed by atoms with Crippen LogP contribution in [0.25, 0.3) is 17.1 Å². The molecular formula is C19H21Cl2N5O3. The van der Waals surface area contributed by atoms with Crippen molar-refractivity contribution in [3.05, 3.63) is 76.1 Å². The molecule has 0 aliphatic carbocycles. The van der Waals surface area contributed by atoms with E-state index in [-0.39, 0.29) is 42.5 Å². The predicted molar refractivity (Wildman–Crippen MR) is 117 cm³/mol. The Labute approximate surface area is 179 Å². The second kappa shape index (κ2) is 11.2. The summed E-state index contributed by atoms with van der Waals surface area (Å²) in [7, 11) is 0. The molecule has 0 saturated heterocycles. The maximum absolute atomic E-state index is 12.2. The molecule has 2 aromatic heterocycles. The van der Waals surface area contributed by atoms with Gasteiger partial charge in [0.15, 0.2) is 0 Å². The Bertz CT molecular complexity index is 992. The number of H-pyrrole nitrogens is 1. The summed E-state index contributed by atoms with van der Waals surface area (Å²) in [5.41, 5.74) is 7.91. The molecule has 3 aromatic rings. The smallest absolute Gasteiger partial charge is 0.288 e. The third kappa shape index (κ3) is 6.28. The van der Waals surface area contributed by atoms with E-state index in [1.807, 2.05) is 30.3 Å². The predicted octanol–water partition coefficient (Wildman–Crippen LogP) is 3.01. The summed E-state index contributed by atoms with van der Waals surface area (Å²) in [5, 5.41) is 14.4. The number of nitrogens with one attached hydrogen (secondary N) is 2. The van der Waals surface area contributed by atoms with E-state index in [0.717, 1.165) is 5.56 Å². The molecule has 10 heteroatoms. The van der Waals surface area contributed by atoms with Crippen LogP contribution >= 0.6 is 24.8 Å². The average Bonchev–Trinajstić information content (AvgIpc) is 3.09. The largest absolute Gasteiger partial charge is 0.348 e. The summed E-state index contributed by atoms with van der Waals surface area (Å²) in [6, 6.07) is 11.0. The van der Waals surface area contributed by atoms with E-state index in [1.165, 1.54) is 18.3 Å². The van der Waals surface area contributed by atoms with Crippen LogP contribution in [0.3, 0.4) is 0 Å². The van der Waals surface area contributed by atoms with Gasteiger partial charge in [0.1, 0.15) is 11.8 Å². The fraction of sp³-hybridized carbons (Fsp3) is 0.158. The van der Waals surface area contributed by atoms with Crippen molar-refractivity contribution in [2.75, 3.05) is 6.54 Å². The molecule has 0 saturated carbocycles. The van der Waals surface area contributed by atoms with Crippen molar-refractivity contribution >= 4 is 53.5 Å². The number of nitrogens with two attached hydrogens (primary N) is 1. The number of pyridine rings is 1. The minimum absolute atomic E-state index is 0. The number of halogens is 2. The molecule has 29 heavy (non-hydrogen) atoms. The number of hydrogen-bond acceptors (Lipinski definition) is 5. The molecule has 3 rings (SSSR count). The van der Waals surface area contributed by atoms with E-state index in [1.54, 1.807) is 12.3 Å². The number of rotatable bonds is 7. The van der Waals surface area contributed by atoms with Gasteiger partial charge in [-0.15, -0.1) is 24.8 Å². The molecule has 0 unspecified atom stereocenters. The molecule has 0 fully saturated rings. The molecule has 0 bridgehead atoms. The Morgan fingerprint density at radius 2 is 2.03 bits per heavy atom. The molecule has 2 heterocycles. The number of fused-ring (bicyclic) bond motifs is 1. The van der Waals surface area contributed by atoms with Gasteiger partial charge in [0.2, 0.25) is 5.91 Å². The number of aromatic nitrogens is 2. The van der Waals surface area contributed by atoms with Gasteiger partial charge in [-0.25, -0.2) is 4.98 Å². The van der Waals surface area contributed by atoms with Crippen molar-refractivity contribution in [3.63, 3.8) is 0 Å². The quantitative estimate of drug-likeness (QED) is 0.297. The Hall–Kier alpha value is -2.94. The zero-order valence-corrected chi connectivity index (χ0v) is 16.9. The number of carbonyl (C=O) groups excluding carboxylic acids is 1. The van der Waals surface area contributed by atoms with Crippen molar-refractivity contribution in [1.29, 1.82) is 0 Å². The minimum Gasteiger partial charge on any atom is -0.348 e. The molecule has 154 valence electrons. The maximum atomic E-state index is 12.2. The summed E-state index contributed by atoms with van der Waals surface area (Å²) in [6.07, 6.45) is 6.45. The monoisotopic (exact) mass is 437 g/mol. The highest BCUT2D eigenvalue weighted by Crippen LogP contribution is 2.22. The molecule has 0 radical (unpaired) electrons. The molecule has 1 atom stereocenters. The van der Waals surface area contributed by atoms with Gasteiger partial charge in [0, 0.05) is 41.9 Å². The first-order chi connectivity index (χ1) is 13.1. The van der Waals surface area contributed by atoms with Gasteiger partial charge < -0.3 is 16.0 Å². The van der Waals surface area contributed by atoms with Gasteiger partial charge >= 0.3 is 0 Å². The first kappa shape index (κ1) is 24.1. The van der Waals surface area contributed by atoms with Crippen LogP contribution in [-0.2, 0) is 11.2 Å². The fourth-order valence-corrected chi connectivity index (χ4v) is 2.76. The van der Waals surface area contributed by atoms with Crippen molar-refractivity contribution in [1.82, 2.24) is 15.3 Å².